The molecule has 3 aromatic heterocycles. The topological polar surface area (TPSA) is 155 Å². The van der Waals surface area contributed by atoms with Gasteiger partial charge in [-0.2, -0.15) is 5.26 Å². The minimum absolute atomic E-state index is 0.161. The number of hydrogen-bond donors (Lipinski definition) is 2. The number of nitriles is 1. The van der Waals surface area contributed by atoms with Crippen molar-refractivity contribution in [2.45, 2.75) is 31.7 Å². The van der Waals surface area contributed by atoms with Crippen LogP contribution in [0.2, 0.25) is 0 Å². The molecular weight excluding hydrogens is 518 g/mol. The van der Waals surface area contributed by atoms with E-state index in [4.69, 9.17) is 21.0 Å². The summed E-state index contributed by atoms with van der Waals surface area (Å²) in [6, 6.07) is 19.9. The van der Waals surface area contributed by atoms with Crippen LogP contribution < -0.4 is 17.2 Å². The van der Waals surface area contributed by atoms with Crippen LogP contribution in [-0.4, -0.2) is 45.1 Å². The van der Waals surface area contributed by atoms with Crippen molar-refractivity contribution in [1.82, 2.24) is 19.1 Å². The van der Waals surface area contributed by atoms with Crippen LogP contribution in [0.1, 0.15) is 25.8 Å². The number of ether oxygens (including phenoxy) is 1. The number of nitrogens with two attached hydrogens (primary N) is 2. The first-order chi connectivity index (χ1) is 19.7. The number of carbonyl (C=O) groups is 1. The van der Waals surface area contributed by atoms with Gasteiger partial charge in [-0.25, -0.2) is 9.78 Å². The summed E-state index contributed by atoms with van der Waals surface area (Å²) in [5.74, 6) is 0.462. The number of carbonyl (C=O) groups excluding carboxylic acids is 1. The Kier molecular flexibility index (Phi) is 8.62. The third-order valence-corrected chi connectivity index (χ3v) is 7.09. The molecule has 1 saturated heterocycles. The molecule has 5 aromatic rings. The van der Waals surface area contributed by atoms with Crippen molar-refractivity contribution >= 4 is 34.5 Å². The second-order valence-corrected chi connectivity index (χ2v) is 10.3. The van der Waals surface area contributed by atoms with E-state index >= 15 is 0 Å². The van der Waals surface area contributed by atoms with Gasteiger partial charge >= 0.3 is 5.69 Å². The molecule has 210 valence electrons. The molecule has 4 heterocycles. The first-order valence-corrected chi connectivity index (χ1v) is 13.1. The van der Waals surface area contributed by atoms with Crippen LogP contribution in [0.4, 0.5) is 5.82 Å². The number of nitrogen functional groups attached to an aromatic ring is 1. The molecule has 0 amide bonds. The summed E-state index contributed by atoms with van der Waals surface area (Å²) < 4.78 is 8.24. The van der Waals surface area contributed by atoms with Gasteiger partial charge in [0.05, 0.1) is 46.5 Å². The molecule has 2 aromatic carbocycles. The first-order valence-electron chi connectivity index (χ1n) is 13.1. The molecule has 6 rings (SSSR count). The van der Waals surface area contributed by atoms with Crippen LogP contribution in [0.25, 0.3) is 38.8 Å². The molecule has 41 heavy (non-hydrogen) atoms. The van der Waals surface area contributed by atoms with E-state index < -0.39 is 5.41 Å². The lowest BCUT2D eigenvalue weighted by atomic mass is 9.86. The van der Waals surface area contributed by atoms with Gasteiger partial charge in [-0.15, -0.1) is 0 Å². The summed E-state index contributed by atoms with van der Waals surface area (Å²) in [7, 11) is 1.75. The summed E-state index contributed by atoms with van der Waals surface area (Å²) in [6.07, 6.45) is 4.50. The van der Waals surface area contributed by atoms with Gasteiger partial charge in [0.15, 0.2) is 0 Å². The van der Waals surface area contributed by atoms with Gasteiger partial charge < -0.3 is 21.0 Å². The Labute approximate surface area is 237 Å². The summed E-state index contributed by atoms with van der Waals surface area (Å²) >= 11 is 0. The third kappa shape index (κ3) is 5.87. The molecule has 1 atom stereocenters. The number of aryl methyl sites for hydroxylation is 1. The number of hydrogen-bond acceptors (Lipinski definition) is 8. The second-order valence-electron chi connectivity index (χ2n) is 10.3. The predicted octanol–water partition coefficient (Wildman–Crippen LogP) is 3.87. The summed E-state index contributed by atoms with van der Waals surface area (Å²) in [6.45, 7) is 7.37. The Morgan fingerprint density at radius 2 is 1.76 bits per heavy atom. The van der Waals surface area contributed by atoms with Crippen molar-refractivity contribution < 1.29 is 9.53 Å². The monoisotopic (exact) mass is 551 g/mol. The fourth-order valence-corrected chi connectivity index (χ4v) is 4.64. The SMILES string of the molecule is C=O.Cn1c(=O)n(-c2ccc(C(C)(C)C#N)cc2)c2c3cc(-c4ccc(N)nc4)ccc3ncc21.NC1CCOC1. The highest BCUT2D eigenvalue weighted by Gasteiger charge is 2.21. The number of imidazole rings is 1. The van der Waals surface area contributed by atoms with Gasteiger partial charge in [0.25, 0.3) is 0 Å². The van der Waals surface area contributed by atoms with Gasteiger partial charge in [-0.1, -0.05) is 18.2 Å². The van der Waals surface area contributed by atoms with Gasteiger partial charge in [0.1, 0.15) is 12.6 Å². The van der Waals surface area contributed by atoms with Gasteiger partial charge in [0, 0.05) is 36.8 Å². The fourth-order valence-electron chi connectivity index (χ4n) is 4.64. The van der Waals surface area contributed by atoms with Crippen LogP contribution in [0.3, 0.4) is 0 Å². The second kappa shape index (κ2) is 12.1. The van der Waals surface area contributed by atoms with E-state index in [0.29, 0.717) is 11.9 Å². The standard InChI is InChI=1S/C26H22N6O.C4H9NO.CH2O/c1-26(2,15-27)18-6-8-19(9-7-18)32-24-20-12-16(17-5-11-23(28)30-13-17)4-10-21(20)29-14-22(24)31(3)25(32)33;5-4-1-2-6-3-4;1-2/h4-14H,1-3H3,(H2,28,30);4H,1-3,5H2;1H2. The number of anilines is 1. The van der Waals surface area contributed by atoms with Crippen molar-refractivity contribution in [2.24, 2.45) is 12.8 Å². The number of pyridine rings is 2. The molecule has 1 unspecified atom stereocenters. The Bertz CT molecular complexity index is 1760. The number of fused-ring (bicyclic) bond motifs is 3. The van der Waals surface area contributed by atoms with E-state index in [2.05, 4.69) is 16.0 Å². The zero-order chi connectivity index (χ0) is 29.7. The highest BCUT2D eigenvalue weighted by molar-refractivity contribution is 6.04. The van der Waals surface area contributed by atoms with Crippen LogP contribution in [0.15, 0.2) is 71.8 Å². The Morgan fingerprint density at radius 3 is 2.32 bits per heavy atom. The molecule has 1 fully saturated rings. The highest BCUT2D eigenvalue weighted by Crippen LogP contribution is 2.30. The molecule has 10 heteroatoms. The minimum Gasteiger partial charge on any atom is -0.384 e. The van der Waals surface area contributed by atoms with Gasteiger partial charge in [-0.05, 0) is 67.8 Å². The van der Waals surface area contributed by atoms with Crippen LogP contribution in [0, 0.1) is 11.3 Å². The van der Waals surface area contributed by atoms with E-state index in [1.807, 2.05) is 69.2 Å². The van der Waals surface area contributed by atoms with Crippen LogP contribution in [0.5, 0.6) is 0 Å². The molecule has 0 spiro atoms. The lowest BCUT2D eigenvalue weighted by molar-refractivity contribution is -0.0980. The maximum Gasteiger partial charge on any atom is 0.333 e. The predicted molar refractivity (Wildman–Crippen MR) is 161 cm³/mol. The molecule has 0 aliphatic carbocycles. The summed E-state index contributed by atoms with van der Waals surface area (Å²) in [5, 5.41) is 10.3. The molecule has 1 aliphatic heterocycles. The third-order valence-electron chi connectivity index (χ3n) is 7.09. The van der Waals surface area contributed by atoms with Crippen LogP contribution in [-0.2, 0) is 22.0 Å². The Morgan fingerprint density at radius 1 is 1.05 bits per heavy atom. The van der Waals surface area contributed by atoms with E-state index in [0.717, 1.165) is 63.9 Å². The normalized spacial score (nSPS) is 14.6. The molecule has 0 saturated carbocycles. The molecule has 1 aliphatic rings. The average Bonchev–Trinajstić information content (AvgIpc) is 3.58. The van der Waals surface area contributed by atoms with E-state index in [1.54, 1.807) is 34.6 Å². The quantitative estimate of drug-likeness (QED) is 0.342. The first kappa shape index (κ1) is 29.1. The minimum atomic E-state index is -0.610. The molecule has 0 radical (unpaired) electrons. The lowest BCUT2D eigenvalue weighted by Gasteiger charge is -2.16. The zero-order valence-corrected chi connectivity index (χ0v) is 23.4. The van der Waals surface area contributed by atoms with Crippen molar-refractivity contribution in [3.8, 4) is 22.9 Å². The van der Waals surface area contributed by atoms with Crippen molar-refractivity contribution in [2.75, 3.05) is 18.9 Å². The Balaban J connectivity index is 0.000000424. The van der Waals surface area contributed by atoms with Gasteiger partial charge in [0.2, 0.25) is 0 Å². The average molecular weight is 552 g/mol. The molecule has 4 N–H and O–H groups in total. The van der Waals surface area contributed by atoms with Crippen molar-refractivity contribution in [1.29, 1.82) is 5.26 Å². The number of rotatable bonds is 3. The fraction of sp³-hybridized carbons (Fsp3) is 0.258. The lowest BCUT2D eigenvalue weighted by Crippen LogP contribution is -2.21. The van der Waals surface area contributed by atoms with Crippen molar-refractivity contribution in [3.63, 3.8) is 0 Å². The van der Waals surface area contributed by atoms with E-state index in [-0.39, 0.29) is 5.69 Å². The summed E-state index contributed by atoms with van der Waals surface area (Å²) in [4.78, 5) is 30.1. The molecular formula is C31H33N7O3. The number of benzene rings is 2. The summed E-state index contributed by atoms with van der Waals surface area (Å²) in [5.41, 5.74) is 16.2. The van der Waals surface area contributed by atoms with E-state index in [1.165, 1.54) is 0 Å². The molecule has 0 bridgehead atoms. The highest BCUT2D eigenvalue weighted by atomic mass is 16.5. The van der Waals surface area contributed by atoms with Crippen molar-refractivity contribution in [3.05, 3.63) is 83.0 Å². The maximum atomic E-state index is 13.3. The maximum absolute atomic E-state index is 13.3. The zero-order valence-electron chi connectivity index (χ0n) is 23.4. The smallest absolute Gasteiger partial charge is 0.333 e. The largest absolute Gasteiger partial charge is 0.384 e. The van der Waals surface area contributed by atoms with E-state index in [9.17, 15) is 10.1 Å². The number of aromatic nitrogens is 4. The van der Waals surface area contributed by atoms with Crippen LogP contribution >= 0.6 is 0 Å². The molecule has 10 nitrogen and oxygen atoms in total. The number of nitrogens with zero attached hydrogens (tertiary/aromatic N) is 5. The Hall–Kier alpha value is -4.85. The van der Waals surface area contributed by atoms with Gasteiger partial charge in [-0.3, -0.25) is 14.1 Å².